The van der Waals surface area contributed by atoms with Crippen LogP contribution in [-0.2, 0) is 23.1 Å². The number of rotatable bonds is 4. The molecule has 3 heterocycles. The third-order valence-electron chi connectivity index (χ3n) is 3.63. The van der Waals surface area contributed by atoms with Crippen molar-refractivity contribution in [3.63, 3.8) is 0 Å². The molecule has 0 spiro atoms. The predicted octanol–water partition coefficient (Wildman–Crippen LogP) is 0.744. The van der Waals surface area contributed by atoms with E-state index in [0.29, 0.717) is 36.1 Å². The summed E-state index contributed by atoms with van der Waals surface area (Å²) in [4.78, 5) is 15.6. The van der Waals surface area contributed by atoms with Gasteiger partial charge in [0.15, 0.2) is 11.6 Å². The van der Waals surface area contributed by atoms with Crippen LogP contribution in [0.1, 0.15) is 23.7 Å². The van der Waals surface area contributed by atoms with Gasteiger partial charge in [-0.2, -0.15) is 10.4 Å². The van der Waals surface area contributed by atoms with Gasteiger partial charge in [-0.05, 0) is 12.5 Å². The summed E-state index contributed by atoms with van der Waals surface area (Å²) in [5, 5.41) is 22.4. The molecule has 0 radical (unpaired) electrons. The molecule has 1 saturated heterocycles. The Balaban J connectivity index is 2.05. The highest BCUT2D eigenvalue weighted by atomic mass is 16.5. The molecule has 0 unspecified atom stereocenters. The van der Waals surface area contributed by atoms with E-state index in [-0.39, 0.29) is 12.5 Å². The molecule has 1 aliphatic rings. The van der Waals surface area contributed by atoms with Crippen LogP contribution in [0.25, 0.3) is 11.5 Å². The van der Waals surface area contributed by atoms with E-state index in [1.165, 1.54) is 4.68 Å². The molecule has 0 amide bonds. The summed E-state index contributed by atoms with van der Waals surface area (Å²) in [6.45, 7) is 0.937. The van der Waals surface area contributed by atoms with Crippen molar-refractivity contribution in [2.75, 3.05) is 13.2 Å². The highest BCUT2D eigenvalue weighted by Crippen LogP contribution is 2.26. The molecule has 8 nitrogen and oxygen atoms in total. The zero-order valence-electron chi connectivity index (χ0n) is 12.1. The topological polar surface area (TPSA) is 106 Å². The van der Waals surface area contributed by atoms with E-state index in [1.807, 2.05) is 0 Å². The molecule has 1 aliphatic heterocycles. The van der Waals surface area contributed by atoms with Crippen LogP contribution in [0.3, 0.4) is 0 Å². The van der Waals surface area contributed by atoms with E-state index in [4.69, 9.17) is 15.1 Å². The third-order valence-corrected chi connectivity index (χ3v) is 3.63. The molecule has 0 aromatic carbocycles. The number of hydrogen-bond acceptors (Lipinski definition) is 5. The fourth-order valence-corrected chi connectivity index (χ4v) is 2.55. The Morgan fingerprint density at radius 1 is 1.64 bits per heavy atom. The largest absolute Gasteiger partial charge is 0.480 e. The van der Waals surface area contributed by atoms with Crippen LogP contribution >= 0.6 is 0 Å². The van der Waals surface area contributed by atoms with Crippen molar-refractivity contribution in [1.29, 1.82) is 5.26 Å². The zero-order chi connectivity index (χ0) is 15.7. The number of aliphatic carboxylic acids is 1. The summed E-state index contributed by atoms with van der Waals surface area (Å²) in [5.74, 6) is 0.140. The summed E-state index contributed by atoms with van der Waals surface area (Å²) in [6, 6.07) is 3.74. The maximum atomic E-state index is 11.1. The third kappa shape index (κ3) is 2.58. The van der Waals surface area contributed by atoms with E-state index in [2.05, 4.69) is 16.2 Å². The fraction of sp³-hybridized carbons (Fsp3) is 0.429. The number of carboxylic acids is 1. The van der Waals surface area contributed by atoms with Crippen LogP contribution in [0.2, 0.25) is 0 Å². The molecule has 22 heavy (non-hydrogen) atoms. The standard InChI is InChI=1S/C14H15N5O3/c1-18-6-9(5-15)4-11(18)14-16-13(10-2-3-22-8-10)17-19(14)7-12(20)21/h4,6,10H,2-3,7-8H2,1H3,(H,20,21)/t10-/m1/s1. The van der Waals surface area contributed by atoms with Crippen molar-refractivity contribution in [3.8, 4) is 17.6 Å². The van der Waals surface area contributed by atoms with Crippen molar-refractivity contribution in [2.45, 2.75) is 18.9 Å². The molecule has 1 N–H and O–H groups in total. The minimum atomic E-state index is -0.991. The predicted molar refractivity (Wildman–Crippen MR) is 75.0 cm³/mol. The monoisotopic (exact) mass is 301 g/mol. The van der Waals surface area contributed by atoms with Crippen molar-refractivity contribution in [2.24, 2.45) is 7.05 Å². The summed E-state index contributed by atoms with van der Waals surface area (Å²) in [6.07, 6.45) is 2.50. The number of aryl methyl sites for hydroxylation is 1. The average Bonchev–Trinajstić information content (AvgIpc) is 3.17. The van der Waals surface area contributed by atoms with Crippen LogP contribution in [0.5, 0.6) is 0 Å². The van der Waals surface area contributed by atoms with Gasteiger partial charge >= 0.3 is 5.97 Å². The van der Waals surface area contributed by atoms with Crippen LogP contribution in [0.4, 0.5) is 0 Å². The Hall–Kier alpha value is -2.66. The normalized spacial score (nSPS) is 17.5. The first-order chi connectivity index (χ1) is 10.6. The number of ether oxygens (including phenoxy) is 1. The van der Waals surface area contributed by atoms with E-state index in [0.717, 1.165) is 6.42 Å². The van der Waals surface area contributed by atoms with E-state index >= 15 is 0 Å². The second-order valence-electron chi connectivity index (χ2n) is 5.24. The van der Waals surface area contributed by atoms with Gasteiger partial charge in [0.1, 0.15) is 12.6 Å². The second-order valence-corrected chi connectivity index (χ2v) is 5.24. The summed E-state index contributed by atoms with van der Waals surface area (Å²) < 4.78 is 8.45. The highest BCUT2D eigenvalue weighted by Gasteiger charge is 2.25. The fourth-order valence-electron chi connectivity index (χ4n) is 2.55. The Labute approximate surface area is 126 Å². The molecule has 3 rings (SSSR count). The van der Waals surface area contributed by atoms with Gasteiger partial charge in [0.25, 0.3) is 0 Å². The highest BCUT2D eigenvalue weighted by molar-refractivity contribution is 5.67. The van der Waals surface area contributed by atoms with E-state index < -0.39 is 5.97 Å². The number of aromatic nitrogens is 4. The van der Waals surface area contributed by atoms with Crippen LogP contribution in [0, 0.1) is 11.3 Å². The maximum Gasteiger partial charge on any atom is 0.325 e. The smallest absolute Gasteiger partial charge is 0.325 e. The molecule has 1 atom stereocenters. The number of nitrogens with zero attached hydrogens (tertiary/aromatic N) is 5. The lowest BCUT2D eigenvalue weighted by Gasteiger charge is -2.03. The lowest BCUT2D eigenvalue weighted by atomic mass is 10.1. The van der Waals surface area contributed by atoms with Gasteiger partial charge in [0.05, 0.1) is 17.9 Å². The molecule has 0 aliphatic carbocycles. The summed E-state index contributed by atoms with van der Waals surface area (Å²) in [7, 11) is 1.79. The lowest BCUT2D eigenvalue weighted by molar-refractivity contribution is -0.137. The van der Waals surface area contributed by atoms with Crippen LogP contribution < -0.4 is 0 Å². The molecule has 1 fully saturated rings. The van der Waals surface area contributed by atoms with Gasteiger partial charge in [-0.15, -0.1) is 0 Å². The average molecular weight is 301 g/mol. The molecular formula is C14H15N5O3. The van der Waals surface area contributed by atoms with E-state index in [1.54, 1.807) is 23.9 Å². The van der Waals surface area contributed by atoms with Crippen molar-refractivity contribution < 1.29 is 14.6 Å². The van der Waals surface area contributed by atoms with Crippen molar-refractivity contribution in [1.82, 2.24) is 19.3 Å². The molecule has 114 valence electrons. The number of carboxylic acid groups (broad SMARTS) is 1. The lowest BCUT2D eigenvalue weighted by Crippen LogP contribution is -2.12. The molecular weight excluding hydrogens is 286 g/mol. The first-order valence-corrected chi connectivity index (χ1v) is 6.89. The van der Waals surface area contributed by atoms with Gasteiger partial charge in [0.2, 0.25) is 0 Å². The molecule has 2 aromatic rings. The number of nitriles is 1. The Morgan fingerprint density at radius 2 is 2.45 bits per heavy atom. The maximum absolute atomic E-state index is 11.1. The SMILES string of the molecule is Cn1cc(C#N)cc1-c1nc([C@@H]2CCOC2)nn1CC(=O)O. The Bertz CT molecular complexity index is 749. The summed E-state index contributed by atoms with van der Waals surface area (Å²) >= 11 is 0. The van der Waals surface area contributed by atoms with Gasteiger partial charge in [-0.25, -0.2) is 9.67 Å². The Kier molecular flexibility index (Phi) is 3.65. The van der Waals surface area contributed by atoms with Gasteiger partial charge in [-0.1, -0.05) is 0 Å². The quantitative estimate of drug-likeness (QED) is 0.893. The molecule has 0 saturated carbocycles. The Morgan fingerprint density at radius 3 is 3.05 bits per heavy atom. The van der Waals surface area contributed by atoms with Crippen LogP contribution in [-0.4, -0.2) is 43.6 Å². The summed E-state index contributed by atoms with van der Waals surface area (Å²) in [5.41, 5.74) is 1.16. The van der Waals surface area contributed by atoms with Crippen molar-refractivity contribution in [3.05, 3.63) is 23.7 Å². The van der Waals surface area contributed by atoms with E-state index in [9.17, 15) is 4.79 Å². The first kappa shape index (κ1) is 14.3. The van der Waals surface area contributed by atoms with Crippen molar-refractivity contribution >= 4 is 5.97 Å². The first-order valence-electron chi connectivity index (χ1n) is 6.89. The zero-order valence-corrected chi connectivity index (χ0v) is 12.1. The van der Waals surface area contributed by atoms with Gasteiger partial charge in [-0.3, -0.25) is 4.79 Å². The molecule has 2 aromatic heterocycles. The van der Waals surface area contributed by atoms with Gasteiger partial charge < -0.3 is 14.4 Å². The minimum Gasteiger partial charge on any atom is -0.480 e. The second kappa shape index (κ2) is 5.61. The molecule has 8 heteroatoms. The number of carbonyl (C=O) groups is 1. The number of hydrogen-bond donors (Lipinski definition) is 1. The van der Waals surface area contributed by atoms with Crippen LogP contribution in [0.15, 0.2) is 12.3 Å². The molecule has 0 bridgehead atoms. The minimum absolute atomic E-state index is 0.0875. The van der Waals surface area contributed by atoms with Gasteiger partial charge in [0, 0.05) is 25.8 Å².